The van der Waals surface area contributed by atoms with E-state index in [4.69, 9.17) is 22.3 Å². The fourth-order valence-corrected chi connectivity index (χ4v) is 1.85. The van der Waals surface area contributed by atoms with Gasteiger partial charge in [-0.05, 0) is 12.8 Å². The molecule has 2 atom stereocenters. The summed E-state index contributed by atoms with van der Waals surface area (Å²) in [5, 5.41) is 8.89. The monoisotopic (exact) mass is 229 g/mol. The number of guanidine groups is 1. The number of carbonyl (C=O) groups is 1. The molecule has 1 aliphatic rings. The molecule has 0 radical (unpaired) electrons. The Morgan fingerprint density at radius 3 is 2.25 bits per heavy atom. The van der Waals surface area contributed by atoms with Crippen LogP contribution in [0.4, 0.5) is 0 Å². The van der Waals surface area contributed by atoms with E-state index in [1.165, 1.54) is 0 Å². The van der Waals surface area contributed by atoms with E-state index >= 15 is 0 Å². The number of nitrogens with zero attached hydrogens (tertiary/aromatic N) is 2. The van der Waals surface area contributed by atoms with Gasteiger partial charge in [-0.1, -0.05) is 6.42 Å². The third kappa shape index (κ3) is 3.35. The van der Waals surface area contributed by atoms with E-state index in [9.17, 15) is 4.79 Å². The third-order valence-electron chi connectivity index (χ3n) is 2.65. The Kier molecular flexibility index (Phi) is 4.51. The Morgan fingerprint density at radius 2 is 1.81 bits per heavy atom. The van der Waals surface area contributed by atoms with E-state index in [2.05, 4.69) is 4.99 Å². The number of carboxylic acid groups (broad SMARTS) is 1. The maximum Gasteiger partial charge on any atom is 0.324 e. The van der Waals surface area contributed by atoms with Crippen molar-refractivity contribution in [2.45, 2.75) is 31.5 Å². The molecule has 0 bridgehead atoms. The lowest BCUT2D eigenvalue weighted by Crippen LogP contribution is -2.53. The lowest BCUT2D eigenvalue weighted by atomic mass is 10.1. The molecule has 0 aromatic rings. The number of aliphatic carboxylic acids is 1. The first-order chi connectivity index (χ1) is 7.52. The van der Waals surface area contributed by atoms with Crippen LogP contribution >= 0.6 is 0 Å². The molecular weight excluding hydrogens is 210 g/mol. The maximum absolute atomic E-state index is 10.9. The zero-order valence-corrected chi connectivity index (χ0v) is 9.17. The minimum atomic E-state index is -1.10. The van der Waals surface area contributed by atoms with Gasteiger partial charge in [0.1, 0.15) is 12.2 Å². The molecule has 7 N–H and O–H groups in total. The number of hydrogen-bond donors (Lipinski definition) is 4. The predicted octanol–water partition coefficient (Wildman–Crippen LogP) is -1.52. The summed E-state index contributed by atoms with van der Waals surface area (Å²) >= 11 is 0. The molecule has 1 fully saturated rings. The lowest BCUT2D eigenvalue weighted by molar-refractivity contribution is -0.140. The number of hydrogen-bond acceptors (Lipinski definition) is 4. The molecule has 0 aromatic heterocycles. The van der Waals surface area contributed by atoms with Crippen LogP contribution < -0.4 is 17.2 Å². The van der Waals surface area contributed by atoms with Gasteiger partial charge < -0.3 is 22.3 Å². The first kappa shape index (κ1) is 12.7. The molecule has 0 spiro atoms. The molecule has 16 heavy (non-hydrogen) atoms. The van der Waals surface area contributed by atoms with Gasteiger partial charge in [0.05, 0.1) is 0 Å². The summed E-state index contributed by atoms with van der Waals surface area (Å²) in [6, 6.07) is -1.10. The van der Waals surface area contributed by atoms with Gasteiger partial charge in [0.2, 0.25) is 0 Å². The van der Waals surface area contributed by atoms with Crippen molar-refractivity contribution in [1.82, 2.24) is 4.90 Å². The van der Waals surface area contributed by atoms with Crippen molar-refractivity contribution in [2.24, 2.45) is 22.2 Å². The summed E-state index contributed by atoms with van der Waals surface area (Å²) in [6.07, 6.45) is 2.52. The van der Waals surface area contributed by atoms with E-state index < -0.39 is 18.2 Å². The van der Waals surface area contributed by atoms with E-state index in [0.29, 0.717) is 0 Å². The Bertz CT molecular complexity index is 271. The van der Waals surface area contributed by atoms with Gasteiger partial charge >= 0.3 is 5.97 Å². The van der Waals surface area contributed by atoms with Crippen molar-refractivity contribution in [1.29, 1.82) is 0 Å². The van der Waals surface area contributed by atoms with Crippen LogP contribution in [0.1, 0.15) is 19.3 Å². The first-order valence-corrected chi connectivity index (χ1v) is 5.33. The quantitative estimate of drug-likeness (QED) is 0.342. The molecule has 1 rings (SSSR count). The zero-order valence-electron chi connectivity index (χ0n) is 9.17. The van der Waals surface area contributed by atoms with Crippen molar-refractivity contribution >= 4 is 11.9 Å². The largest absolute Gasteiger partial charge is 0.480 e. The molecule has 1 heterocycles. The molecule has 0 aliphatic carbocycles. The van der Waals surface area contributed by atoms with E-state index in [0.717, 1.165) is 32.4 Å². The van der Waals surface area contributed by atoms with Crippen LogP contribution in [-0.2, 0) is 4.79 Å². The summed E-state index contributed by atoms with van der Waals surface area (Å²) in [6.45, 7) is 1.56. The lowest BCUT2D eigenvalue weighted by Gasteiger charge is -2.33. The predicted molar refractivity (Wildman–Crippen MR) is 60.6 cm³/mol. The van der Waals surface area contributed by atoms with Gasteiger partial charge in [0.15, 0.2) is 5.96 Å². The number of carboxylic acids is 1. The van der Waals surface area contributed by atoms with Crippen LogP contribution in [0.2, 0.25) is 0 Å². The summed E-state index contributed by atoms with van der Waals surface area (Å²) < 4.78 is 0. The second kappa shape index (κ2) is 5.66. The highest BCUT2D eigenvalue weighted by atomic mass is 16.4. The highest BCUT2D eigenvalue weighted by molar-refractivity contribution is 5.78. The SMILES string of the molecule is NC(N)=NC(C(N)C(=O)O)N1CCCCC1. The average Bonchev–Trinajstić information content (AvgIpc) is 2.26. The second-order valence-corrected chi connectivity index (χ2v) is 3.93. The minimum absolute atomic E-state index is 0.132. The van der Waals surface area contributed by atoms with Crippen molar-refractivity contribution < 1.29 is 9.90 Å². The molecule has 0 aromatic carbocycles. The molecular formula is C9H19N5O2. The van der Waals surface area contributed by atoms with Gasteiger partial charge in [-0.3, -0.25) is 9.69 Å². The maximum atomic E-state index is 10.9. The molecule has 1 saturated heterocycles. The molecule has 1 aliphatic heterocycles. The van der Waals surface area contributed by atoms with Crippen LogP contribution in [0.25, 0.3) is 0 Å². The Balaban J connectivity index is 2.77. The van der Waals surface area contributed by atoms with Gasteiger partial charge in [-0.25, -0.2) is 4.99 Å². The molecule has 92 valence electrons. The Labute approximate surface area is 94.3 Å². The van der Waals surface area contributed by atoms with E-state index in [1.54, 1.807) is 0 Å². The summed E-state index contributed by atoms with van der Waals surface area (Å²) in [7, 11) is 0. The zero-order chi connectivity index (χ0) is 12.1. The highest BCUT2D eigenvalue weighted by Gasteiger charge is 2.30. The van der Waals surface area contributed by atoms with Gasteiger partial charge in [0, 0.05) is 13.1 Å². The van der Waals surface area contributed by atoms with E-state index in [1.807, 2.05) is 4.90 Å². The van der Waals surface area contributed by atoms with Gasteiger partial charge in [-0.2, -0.15) is 0 Å². The summed E-state index contributed by atoms with van der Waals surface area (Å²) in [5.74, 6) is -1.23. The van der Waals surface area contributed by atoms with Crippen LogP contribution in [0.5, 0.6) is 0 Å². The van der Waals surface area contributed by atoms with Crippen LogP contribution in [0, 0.1) is 0 Å². The van der Waals surface area contributed by atoms with Crippen molar-refractivity contribution in [3.05, 3.63) is 0 Å². The third-order valence-corrected chi connectivity index (χ3v) is 2.65. The second-order valence-electron chi connectivity index (χ2n) is 3.93. The Morgan fingerprint density at radius 1 is 1.25 bits per heavy atom. The summed E-state index contributed by atoms with van der Waals surface area (Å²) in [5.41, 5.74) is 16.2. The van der Waals surface area contributed by atoms with Gasteiger partial charge in [0.25, 0.3) is 0 Å². The fraction of sp³-hybridized carbons (Fsp3) is 0.778. The minimum Gasteiger partial charge on any atom is -0.480 e. The van der Waals surface area contributed by atoms with Crippen LogP contribution in [0.3, 0.4) is 0 Å². The standard InChI is InChI=1S/C9H19N5O2/c10-6(8(15)16)7(13-9(11)12)14-4-2-1-3-5-14/h6-7H,1-5,10H2,(H,15,16)(H4,11,12,13). The van der Waals surface area contributed by atoms with E-state index in [-0.39, 0.29) is 5.96 Å². The molecule has 0 amide bonds. The smallest absolute Gasteiger partial charge is 0.324 e. The van der Waals surface area contributed by atoms with Crippen LogP contribution in [0.15, 0.2) is 4.99 Å². The van der Waals surface area contributed by atoms with Crippen molar-refractivity contribution in [2.75, 3.05) is 13.1 Å². The topological polar surface area (TPSA) is 131 Å². The number of nitrogens with two attached hydrogens (primary N) is 3. The Hall–Kier alpha value is -1.34. The molecule has 2 unspecified atom stereocenters. The fourth-order valence-electron chi connectivity index (χ4n) is 1.85. The van der Waals surface area contributed by atoms with Crippen molar-refractivity contribution in [3.63, 3.8) is 0 Å². The van der Waals surface area contributed by atoms with Crippen molar-refractivity contribution in [3.8, 4) is 0 Å². The molecule has 0 saturated carbocycles. The van der Waals surface area contributed by atoms with Gasteiger partial charge in [-0.15, -0.1) is 0 Å². The number of likely N-dealkylation sites (tertiary alicyclic amines) is 1. The number of piperidine rings is 1. The molecule has 7 heteroatoms. The summed E-state index contributed by atoms with van der Waals surface area (Å²) in [4.78, 5) is 16.7. The normalized spacial score (nSPS) is 21.1. The average molecular weight is 229 g/mol. The molecule has 7 nitrogen and oxygen atoms in total. The first-order valence-electron chi connectivity index (χ1n) is 5.33. The highest BCUT2D eigenvalue weighted by Crippen LogP contribution is 2.14. The number of rotatable bonds is 4. The van der Waals surface area contributed by atoms with Crippen LogP contribution in [-0.4, -0.2) is 47.2 Å². The number of aliphatic imine (C=N–C) groups is 1.